The lowest BCUT2D eigenvalue weighted by Gasteiger charge is -2.32. The third kappa shape index (κ3) is 8.63. The zero-order chi connectivity index (χ0) is 20.7. The van der Waals surface area contributed by atoms with E-state index in [1.807, 2.05) is 39.0 Å². The van der Waals surface area contributed by atoms with E-state index in [2.05, 4.69) is 15.5 Å². The second kappa shape index (κ2) is 10.3. The predicted octanol–water partition coefficient (Wildman–Crippen LogP) is 4.20. The standard InChI is InChI=1S/C21H30Cl2N4O/c1-21(2,3)26-20(28)14-27-8-6-15(7-9-27)13-25-19(24)5-4-16-10-17(22)12-18(23)11-16/h4-5,10-12,15H,6-9,13-14H2,1-3H3,(H2,24,25)(H,26,28)/b5-4+. The van der Waals surface area contributed by atoms with Crippen molar-refractivity contribution in [2.24, 2.45) is 5.92 Å². The third-order valence-corrected chi connectivity index (χ3v) is 4.93. The van der Waals surface area contributed by atoms with Gasteiger partial charge in [0.15, 0.2) is 0 Å². The molecule has 5 nitrogen and oxygen atoms in total. The maximum atomic E-state index is 12.0. The highest BCUT2D eigenvalue weighted by molar-refractivity contribution is 6.34. The lowest BCUT2D eigenvalue weighted by Crippen LogP contribution is -2.48. The number of benzene rings is 1. The molecular weight excluding hydrogens is 395 g/mol. The smallest absolute Gasteiger partial charge is 0.234 e. The number of likely N-dealkylation sites (tertiary alicyclic amines) is 1. The van der Waals surface area contributed by atoms with Gasteiger partial charge < -0.3 is 10.6 Å². The summed E-state index contributed by atoms with van der Waals surface area (Å²) in [5.74, 6) is 0.955. The number of hydrogen-bond donors (Lipinski definition) is 3. The van der Waals surface area contributed by atoms with Crippen molar-refractivity contribution in [1.82, 2.24) is 15.5 Å². The van der Waals surface area contributed by atoms with Gasteiger partial charge in [-0.15, -0.1) is 0 Å². The molecule has 7 heteroatoms. The van der Waals surface area contributed by atoms with E-state index < -0.39 is 0 Å². The fraction of sp³-hybridized carbons (Fsp3) is 0.524. The number of carbonyl (C=O) groups is 1. The Morgan fingerprint density at radius 2 is 1.82 bits per heavy atom. The summed E-state index contributed by atoms with van der Waals surface area (Å²) < 4.78 is 0. The number of rotatable bonds is 6. The van der Waals surface area contributed by atoms with Crippen LogP contribution in [-0.4, -0.2) is 48.4 Å². The molecule has 0 aromatic heterocycles. The molecule has 3 N–H and O–H groups in total. The molecule has 0 aliphatic carbocycles. The van der Waals surface area contributed by atoms with Gasteiger partial charge in [-0.05, 0) is 82.5 Å². The quantitative estimate of drug-likeness (QED) is 0.473. The van der Waals surface area contributed by atoms with Crippen LogP contribution >= 0.6 is 23.2 Å². The molecule has 0 saturated carbocycles. The average Bonchev–Trinajstić information content (AvgIpc) is 2.57. The van der Waals surface area contributed by atoms with Gasteiger partial charge in [0.25, 0.3) is 0 Å². The van der Waals surface area contributed by atoms with Crippen LogP contribution in [0.4, 0.5) is 0 Å². The molecule has 1 saturated heterocycles. The Balaban J connectivity index is 1.69. The summed E-state index contributed by atoms with van der Waals surface area (Å²) in [6.07, 6.45) is 5.59. The van der Waals surface area contributed by atoms with Crippen LogP contribution in [-0.2, 0) is 4.79 Å². The lowest BCUT2D eigenvalue weighted by molar-refractivity contribution is -0.124. The van der Waals surface area contributed by atoms with E-state index in [1.165, 1.54) is 0 Å². The normalized spacial score (nSPS) is 16.3. The van der Waals surface area contributed by atoms with Crippen LogP contribution in [0.15, 0.2) is 24.3 Å². The number of amides is 1. The van der Waals surface area contributed by atoms with Gasteiger partial charge in [0.2, 0.25) is 5.91 Å². The molecule has 0 atom stereocenters. The summed E-state index contributed by atoms with van der Waals surface area (Å²) in [5, 5.41) is 15.4. The predicted molar refractivity (Wildman–Crippen MR) is 118 cm³/mol. The first kappa shape index (κ1) is 22.7. The van der Waals surface area contributed by atoms with Gasteiger partial charge in [0.1, 0.15) is 5.84 Å². The van der Waals surface area contributed by atoms with E-state index in [0.717, 1.165) is 38.0 Å². The topological polar surface area (TPSA) is 68.2 Å². The molecule has 1 aromatic rings. The van der Waals surface area contributed by atoms with E-state index in [4.69, 9.17) is 28.6 Å². The van der Waals surface area contributed by atoms with Crippen molar-refractivity contribution >= 4 is 41.0 Å². The van der Waals surface area contributed by atoms with E-state index in [0.29, 0.717) is 28.3 Å². The number of piperidine rings is 1. The van der Waals surface area contributed by atoms with Gasteiger partial charge >= 0.3 is 0 Å². The lowest BCUT2D eigenvalue weighted by atomic mass is 9.96. The Bertz CT molecular complexity index is 699. The first-order chi connectivity index (χ1) is 13.1. The van der Waals surface area contributed by atoms with Gasteiger partial charge in [-0.3, -0.25) is 15.1 Å². The van der Waals surface area contributed by atoms with E-state index in [-0.39, 0.29) is 11.4 Å². The Hall–Kier alpha value is -1.56. The van der Waals surface area contributed by atoms with Crippen molar-refractivity contribution in [1.29, 1.82) is 5.41 Å². The molecule has 0 unspecified atom stereocenters. The minimum absolute atomic E-state index is 0.0807. The number of carbonyl (C=O) groups excluding carboxylic acids is 1. The summed E-state index contributed by atoms with van der Waals surface area (Å²) in [6.45, 7) is 9.02. The van der Waals surface area contributed by atoms with Crippen LogP contribution < -0.4 is 10.6 Å². The Morgan fingerprint density at radius 3 is 2.39 bits per heavy atom. The number of hydrogen-bond acceptors (Lipinski definition) is 3. The van der Waals surface area contributed by atoms with Crippen LogP contribution in [0.1, 0.15) is 39.2 Å². The van der Waals surface area contributed by atoms with Gasteiger partial charge in [-0.1, -0.05) is 29.3 Å². The highest BCUT2D eigenvalue weighted by Crippen LogP contribution is 2.20. The largest absolute Gasteiger partial charge is 0.370 e. The fourth-order valence-corrected chi connectivity index (χ4v) is 3.72. The Kier molecular flexibility index (Phi) is 8.35. The molecule has 1 aliphatic heterocycles. The van der Waals surface area contributed by atoms with Crippen LogP contribution in [0, 0.1) is 11.3 Å². The number of nitrogens with one attached hydrogen (secondary N) is 3. The fourth-order valence-electron chi connectivity index (χ4n) is 3.17. The zero-order valence-corrected chi connectivity index (χ0v) is 18.3. The minimum Gasteiger partial charge on any atom is -0.370 e. The number of halogens is 2. The van der Waals surface area contributed by atoms with Crippen molar-refractivity contribution in [2.75, 3.05) is 26.2 Å². The average molecular weight is 425 g/mol. The highest BCUT2D eigenvalue weighted by atomic mass is 35.5. The molecular formula is C21H30Cl2N4O. The molecule has 154 valence electrons. The monoisotopic (exact) mass is 424 g/mol. The van der Waals surface area contributed by atoms with Crippen molar-refractivity contribution < 1.29 is 4.79 Å². The molecule has 1 fully saturated rings. The minimum atomic E-state index is -0.191. The zero-order valence-electron chi connectivity index (χ0n) is 16.8. The summed E-state index contributed by atoms with van der Waals surface area (Å²) >= 11 is 12.0. The first-order valence-corrected chi connectivity index (χ1v) is 10.4. The SMILES string of the molecule is CC(C)(C)NC(=O)CN1CCC(CNC(=N)/C=C/c2cc(Cl)cc(Cl)c2)CC1. The van der Waals surface area contributed by atoms with Gasteiger partial charge in [0, 0.05) is 22.1 Å². The first-order valence-electron chi connectivity index (χ1n) is 9.61. The summed E-state index contributed by atoms with van der Waals surface area (Å²) in [5.41, 5.74) is 0.676. The third-order valence-electron chi connectivity index (χ3n) is 4.50. The van der Waals surface area contributed by atoms with Crippen molar-refractivity contribution in [2.45, 2.75) is 39.2 Å². The molecule has 2 rings (SSSR count). The molecule has 28 heavy (non-hydrogen) atoms. The van der Waals surface area contributed by atoms with Gasteiger partial charge in [-0.25, -0.2) is 0 Å². The number of nitrogens with zero attached hydrogens (tertiary/aromatic N) is 1. The van der Waals surface area contributed by atoms with Crippen LogP contribution in [0.25, 0.3) is 6.08 Å². The van der Waals surface area contributed by atoms with Crippen LogP contribution in [0.2, 0.25) is 10.0 Å². The van der Waals surface area contributed by atoms with E-state index in [1.54, 1.807) is 12.1 Å². The Labute approximate surface area is 178 Å². The molecule has 1 heterocycles. The van der Waals surface area contributed by atoms with E-state index in [9.17, 15) is 4.79 Å². The molecule has 0 radical (unpaired) electrons. The number of amidine groups is 1. The highest BCUT2D eigenvalue weighted by Gasteiger charge is 2.22. The van der Waals surface area contributed by atoms with Crippen molar-refractivity contribution in [3.8, 4) is 0 Å². The van der Waals surface area contributed by atoms with Crippen LogP contribution in [0.3, 0.4) is 0 Å². The summed E-state index contributed by atoms with van der Waals surface area (Å²) in [4.78, 5) is 14.2. The second-order valence-electron chi connectivity index (χ2n) is 8.35. The van der Waals surface area contributed by atoms with Gasteiger partial charge in [0.05, 0.1) is 6.54 Å². The molecule has 0 bridgehead atoms. The summed E-state index contributed by atoms with van der Waals surface area (Å²) in [6, 6.07) is 5.30. The maximum Gasteiger partial charge on any atom is 0.234 e. The molecule has 1 aromatic carbocycles. The molecule has 1 aliphatic rings. The maximum absolute atomic E-state index is 12.0. The van der Waals surface area contributed by atoms with Crippen LogP contribution in [0.5, 0.6) is 0 Å². The van der Waals surface area contributed by atoms with Gasteiger partial charge in [-0.2, -0.15) is 0 Å². The summed E-state index contributed by atoms with van der Waals surface area (Å²) in [7, 11) is 0. The Morgan fingerprint density at radius 1 is 1.21 bits per heavy atom. The second-order valence-corrected chi connectivity index (χ2v) is 9.22. The van der Waals surface area contributed by atoms with Crippen molar-refractivity contribution in [3.05, 3.63) is 39.9 Å². The molecule has 0 spiro atoms. The van der Waals surface area contributed by atoms with E-state index >= 15 is 0 Å². The van der Waals surface area contributed by atoms with Crippen molar-refractivity contribution in [3.63, 3.8) is 0 Å². The molecule has 1 amide bonds.